The second-order valence-electron chi connectivity index (χ2n) is 7.07. The van der Waals surface area contributed by atoms with Crippen LogP contribution in [0.25, 0.3) is 0 Å². The monoisotopic (exact) mass is 336 g/mol. The number of nitrogens with zero attached hydrogens (tertiary/aromatic N) is 1. The fourth-order valence-electron chi connectivity index (χ4n) is 3.90. The summed E-state index contributed by atoms with van der Waals surface area (Å²) in [6, 6.07) is 2.21. The molecular weight excluding hydrogens is 308 g/mol. The number of piperidine rings is 1. The summed E-state index contributed by atoms with van der Waals surface area (Å²) in [7, 11) is 1.72. The van der Waals surface area contributed by atoms with E-state index in [1.54, 1.807) is 7.05 Å². The van der Waals surface area contributed by atoms with Gasteiger partial charge in [0.2, 0.25) is 5.91 Å². The third-order valence-corrected chi connectivity index (χ3v) is 6.46. The molecule has 128 valence electrons. The number of hydrogen-bond acceptors (Lipinski definition) is 4. The first-order valence-electron chi connectivity index (χ1n) is 8.70. The van der Waals surface area contributed by atoms with E-state index in [9.17, 15) is 4.79 Å². The molecule has 5 heteroatoms. The highest BCUT2D eigenvalue weighted by molar-refractivity contribution is 7.10. The molecule has 0 aliphatic carbocycles. The predicted octanol–water partition coefficient (Wildman–Crippen LogP) is 2.95. The van der Waals surface area contributed by atoms with Crippen LogP contribution in [0.4, 0.5) is 0 Å². The Balaban J connectivity index is 1.52. The SMILES string of the molecule is CNC(=O)CC1CCOC2(CCN(Cc3sccc3C)CC2)C1. The first-order chi connectivity index (χ1) is 11.1. The van der Waals surface area contributed by atoms with Gasteiger partial charge in [-0.2, -0.15) is 0 Å². The van der Waals surface area contributed by atoms with E-state index in [0.717, 1.165) is 51.9 Å². The Bertz CT molecular complexity index is 535. The summed E-state index contributed by atoms with van der Waals surface area (Å²) in [5.74, 6) is 0.646. The molecule has 3 rings (SSSR count). The van der Waals surface area contributed by atoms with Crippen molar-refractivity contribution in [1.82, 2.24) is 10.2 Å². The van der Waals surface area contributed by atoms with E-state index >= 15 is 0 Å². The molecule has 3 heterocycles. The molecule has 0 saturated carbocycles. The number of carbonyl (C=O) groups is 1. The Morgan fingerprint density at radius 2 is 2.26 bits per heavy atom. The van der Waals surface area contributed by atoms with Crippen molar-refractivity contribution in [3.63, 3.8) is 0 Å². The van der Waals surface area contributed by atoms with Crippen LogP contribution in [0.3, 0.4) is 0 Å². The standard InChI is InChI=1S/C18H28N2O2S/c1-14-4-10-23-16(14)13-20-7-5-18(6-8-20)12-15(3-9-22-18)11-17(21)19-2/h4,10,15H,3,5-9,11-13H2,1-2H3,(H,19,21). The lowest BCUT2D eigenvalue weighted by molar-refractivity contribution is -0.136. The summed E-state index contributed by atoms with van der Waals surface area (Å²) in [6.45, 7) is 6.28. The number of ether oxygens (including phenoxy) is 1. The number of thiophene rings is 1. The molecule has 1 spiro atoms. The Labute approximate surface area is 143 Å². The lowest BCUT2D eigenvalue weighted by Gasteiger charge is -2.46. The maximum absolute atomic E-state index is 11.7. The molecule has 2 saturated heterocycles. The Hall–Kier alpha value is -0.910. The van der Waals surface area contributed by atoms with Crippen LogP contribution in [-0.4, -0.2) is 43.2 Å². The molecule has 0 radical (unpaired) electrons. The van der Waals surface area contributed by atoms with Crippen molar-refractivity contribution in [2.75, 3.05) is 26.7 Å². The second-order valence-corrected chi connectivity index (χ2v) is 8.07. The van der Waals surface area contributed by atoms with Crippen LogP contribution >= 0.6 is 11.3 Å². The third-order valence-electron chi connectivity index (χ3n) is 5.45. The highest BCUT2D eigenvalue weighted by atomic mass is 32.1. The normalized spacial score (nSPS) is 24.7. The highest BCUT2D eigenvalue weighted by Crippen LogP contribution is 2.39. The molecule has 1 atom stereocenters. The summed E-state index contributed by atoms with van der Waals surface area (Å²) in [5.41, 5.74) is 1.44. The topological polar surface area (TPSA) is 41.6 Å². The Morgan fingerprint density at radius 1 is 1.48 bits per heavy atom. The fraction of sp³-hybridized carbons (Fsp3) is 0.722. The molecule has 2 aliphatic heterocycles. The predicted molar refractivity (Wildman–Crippen MR) is 93.7 cm³/mol. The first-order valence-corrected chi connectivity index (χ1v) is 9.58. The maximum atomic E-state index is 11.7. The minimum Gasteiger partial charge on any atom is -0.375 e. The summed E-state index contributed by atoms with van der Waals surface area (Å²) in [5, 5.41) is 4.94. The van der Waals surface area contributed by atoms with Crippen molar-refractivity contribution in [2.45, 2.75) is 51.2 Å². The molecule has 2 aliphatic rings. The molecule has 1 amide bonds. The number of amides is 1. The largest absolute Gasteiger partial charge is 0.375 e. The summed E-state index contributed by atoms with van der Waals surface area (Å²) >= 11 is 1.86. The summed E-state index contributed by atoms with van der Waals surface area (Å²) in [6.07, 6.45) is 4.92. The number of aryl methyl sites for hydroxylation is 1. The molecule has 1 aromatic rings. The molecule has 0 bridgehead atoms. The van der Waals surface area contributed by atoms with Gasteiger partial charge in [-0.05, 0) is 55.5 Å². The van der Waals surface area contributed by atoms with Gasteiger partial charge in [0, 0.05) is 44.6 Å². The maximum Gasteiger partial charge on any atom is 0.220 e. The molecule has 1 aromatic heterocycles. The van der Waals surface area contributed by atoms with Crippen molar-refractivity contribution in [1.29, 1.82) is 0 Å². The van der Waals surface area contributed by atoms with Crippen molar-refractivity contribution in [3.8, 4) is 0 Å². The van der Waals surface area contributed by atoms with Gasteiger partial charge in [-0.15, -0.1) is 11.3 Å². The molecule has 1 unspecified atom stereocenters. The minimum absolute atomic E-state index is 0.0257. The van der Waals surface area contributed by atoms with Crippen LogP contribution in [-0.2, 0) is 16.1 Å². The Kier molecular flexibility index (Phi) is 5.39. The quantitative estimate of drug-likeness (QED) is 0.919. The van der Waals surface area contributed by atoms with Crippen LogP contribution in [0.15, 0.2) is 11.4 Å². The third kappa shape index (κ3) is 4.14. The number of nitrogens with one attached hydrogen (secondary N) is 1. The second kappa shape index (κ2) is 7.32. The van der Waals surface area contributed by atoms with Crippen LogP contribution in [0, 0.1) is 12.8 Å². The zero-order valence-corrected chi connectivity index (χ0v) is 15.1. The van der Waals surface area contributed by atoms with Gasteiger partial charge in [0.05, 0.1) is 5.60 Å². The summed E-state index contributed by atoms with van der Waals surface area (Å²) < 4.78 is 6.20. The van der Waals surface area contributed by atoms with E-state index in [0.29, 0.717) is 12.3 Å². The van der Waals surface area contributed by atoms with Gasteiger partial charge < -0.3 is 10.1 Å². The number of carbonyl (C=O) groups excluding carboxylic acids is 1. The number of likely N-dealkylation sites (tertiary alicyclic amines) is 1. The zero-order valence-electron chi connectivity index (χ0n) is 14.3. The molecular formula is C18H28N2O2S. The molecule has 4 nitrogen and oxygen atoms in total. The van der Waals surface area contributed by atoms with Gasteiger partial charge in [0.25, 0.3) is 0 Å². The highest BCUT2D eigenvalue weighted by Gasteiger charge is 2.40. The molecule has 1 N–H and O–H groups in total. The van der Waals surface area contributed by atoms with Gasteiger partial charge in [-0.1, -0.05) is 0 Å². The first kappa shape index (κ1) is 16.9. The van der Waals surface area contributed by atoms with E-state index in [-0.39, 0.29) is 11.5 Å². The van der Waals surface area contributed by atoms with Gasteiger partial charge in [-0.3, -0.25) is 9.69 Å². The van der Waals surface area contributed by atoms with E-state index in [1.807, 2.05) is 11.3 Å². The molecule has 23 heavy (non-hydrogen) atoms. The van der Waals surface area contributed by atoms with Gasteiger partial charge in [0.1, 0.15) is 0 Å². The Morgan fingerprint density at radius 3 is 2.91 bits per heavy atom. The average Bonchev–Trinajstić information content (AvgIpc) is 2.95. The summed E-state index contributed by atoms with van der Waals surface area (Å²) in [4.78, 5) is 15.7. The van der Waals surface area contributed by atoms with E-state index in [4.69, 9.17) is 4.74 Å². The number of hydrogen-bond donors (Lipinski definition) is 1. The van der Waals surface area contributed by atoms with Gasteiger partial charge >= 0.3 is 0 Å². The van der Waals surface area contributed by atoms with E-state index in [2.05, 4.69) is 28.6 Å². The van der Waals surface area contributed by atoms with Crippen LogP contribution in [0.5, 0.6) is 0 Å². The van der Waals surface area contributed by atoms with Crippen LogP contribution in [0.1, 0.15) is 42.5 Å². The van der Waals surface area contributed by atoms with E-state index < -0.39 is 0 Å². The van der Waals surface area contributed by atoms with E-state index in [1.165, 1.54) is 10.4 Å². The smallest absolute Gasteiger partial charge is 0.220 e. The van der Waals surface area contributed by atoms with Crippen molar-refractivity contribution < 1.29 is 9.53 Å². The minimum atomic E-state index is 0.0257. The number of rotatable bonds is 4. The lowest BCUT2D eigenvalue weighted by Crippen LogP contribution is -2.49. The van der Waals surface area contributed by atoms with Crippen LogP contribution < -0.4 is 5.32 Å². The van der Waals surface area contributed by atoms with Crippen molar-refractivity contribution >= 4 is 17.2 Å². The van der Waals surface area contributed by atoms with Gasteiger partial charge in [-0.25, -0.2) is 0 Å². The van der Waals surface area contributed by atoms with Crippen LogP contribution in [0.2, 0.25) is 0 Å². The average molecular weight is 337 g/mol. The fourth-order valence-corrected chi connectivity index (χ4v) is 4.85. The zero-order chi connectivity index (χ0) is 16.3. The molecule has 0 aromatic carbocycles. The van der Waals surface area contributed by atoms with Gasteiger partial charge in [0.15, 0.2) is 0 Å². The van der Waals surface area contributed by atoms with Crippen molar-refractivity contribution in [3.05, 3.63) is 21.9 Å². The lowest BCUT2D eigenvalue weighted by atomic mass is 9.78. The van der Waals surface area contributed by atoms with Crippen molar-refractivity contribution in [2.24, 2.45) is 5.92 Å². The molecule has 2 fully saturated rings.